The number of nitrogens with zero attached hydrogens (tertiary/aromatic N) is 1. The van der Waals surface area contributed by atoms with Crippen LogP contribution >= 0.6 is 11.8 Å². The average Bonchev–Trinajstić information content (AvgIpc) is 2.00. The number of hydrogen-bond acceptors (Lipinski definition) is 4. The van der Waals surface area contributed by atoms with Gasteiger partial charge in [-0.25, -0.2) is 5.01 Å². The van der Waals surface area contributed by atoms with Crippen LogP contribution in [0.25, 0.3) is 0 Å². The molecule has 1 unspecified atom stereocenters. The monoisotopic (exact) mass is 188 g/mol. The van der Waals surface area contributed by atoms with E-state index in [1.807, 2.05) is 0 Å². The summed E-state index contributed by atoms with van der Waals surface area (Å²) >= 11 is 0.982. The van der Waals surface area contributed by atoms with Crippen LogP contribution in [-0.4, -0.2) is 27.8 Å². The zero-order valence-corrected chi connectivity index (χ0v) is 7.26. The molecule has 2 amide bonds. The van der Waals surface area contributed by atoms with Gasteiger partial charge in [0.05, 0.1) is 6.42 Å². The molecule has 0 aromatic rings. The molecule has 0 aromatic carbocycles. The van der Waals surface area contributed by atoms with E-state index in [4.69, 9.17) is 0 Å². The molecular weight excluding hydrogens is 180 g/mol. The number of carbonyl (C=O) groups excluding carboxylic acids is 3. The van der Waals surface area contributed by atoms with E-state index in [1.54, 1.807) is 0 Å². The van der Waals surface area contributed by atoms with Gasteiger partial charge in [0.25, 0.3) is 0 Å². The Morgan fingerprint density at radius 1 is 1.83 bits per heavy atom. The molecule has 1 atom stereocenters. The minimum atomic E-state index is -0.306. The van der Waals surface area contributed by atoms with Crippen LogP contribution in [0.15, 0.2) is 0 Å². The SMILES string of the molecule is CC(=O)NN1C(=O)CC1SC=O. The molecule has 0 aromatic heterocycles. The van der Waals surface area contributed by atoms with Crippen LogP contribution in [0, 0.1) is 0 Å². The lowest BCUT2D eigenvalue weighted by atomic mass is 10.2. The Morgan fingerprint density at radius 3 is 2.92 bits per heavy atom. The zero-order valence-electron chi connectivity index (χ0n) is 6.44. The predicted molar refractivity (Wildman–Crippen MR) is 43.4 cm³/mol. The number of amides is 2. The van der Waals surface area contributed by atoms with Crippen LogP contribution in [0.4, 0.5) is 0 Å². The van der Waals surface area contributed by atoms with Crippen molar-refractivity contribution in [1.29, 1.82) is 0 Å². The van der Waals surface area contributed by atoms with Crippen LogP contribution in [0.3, 0.4) is 0 Å². The largest absolute Gasteiger partial charge is 0.291 e. The van der Waals surface area contributed by atoms with Gasteiger partial charge >= 0.3 is 0 Å². The number of hydrazine groups is 1. The van der Waals surface area contributed by atoms with Crippen molar-refractivity contribution in [3.05, 3.63) is 0 Å². The highest BCUT2D eigenvalue weighted by atomic mass is 32.2. The van der Waals surface area contributed by atoms with Gasteiger partial charge in [-0.15, -0.1) is 0 Å². The van der Waals surface area contributed by atoms with Gasteiger partial charge in [0.1, 0.15) is 5.37 Å². The first-order chi connectivity index (χ1) is 5.65. The topological polar surface area (TPSA) is 66.5 Å². The third-order valence-corrected chi connectivity index (χ3v) is 2.20. The average molecular weight is 188 g/mol. The van der Waals surface area contributed by atoms with Gasteiger partial charge in [0.2, 0.25) is 11.8 Å². The molecule has 1 saturated heterocycles. The van der Waals surface area contributed by atoms with E-state index < -0.39 is 0 Å². The highest BCUT2D eigenvalue weighted by Gasteiger charge is 2.37. The van der Waals surface area contributed by atoms with E-state index in [0.29, 0.717) is 12.0 Å². The van der Waals surface area contributed by atoms with Gasteiger partial charge in [0.15, 0.2) is 5.62 Å². The lowest BCUT2D eigenvalue weighted by Crippen LogP contribution is -2.59. The first-order valence-corrected chi connectivity index (χ1v) is 4.28. The van der Waals surface area contributed by atoms with E-state index in [0.717, 1.165) is 11.8 Å². The lowest BCUT2D eigenvalue weighted by molar-refractivity contribution is -0.151. The molecule has 66 valence electrons. The van der Waals surface area contributed by atoms with Crippen molar-refractivity contribution in [3.8, 4) is 0 Å². The molecule has 0 saturated carbocycles. The highest BCUT2D eigenvalue weighted by Crippen LogP contribution is 2.25. The van der Waals surface area contributed by atoms with Crippen molar-refractivity contribution >= 4 is 29.2 Å². The fourth-order valence-corrected chi connectivity index (χ4v) is 1.52. The lowest BCUT2D eigenvalue weighted by Gasteiger charge is -2.37. The van der Waals surface area contributed by atoms with Crippen molar-refractivity contribution in [2.45, 2.75) is 18.7 Å². The Bertz CT molecular complexity index is 229. The minimum absolute atomic E-state index is 0.162. The molecule has 0 bridgehead atoms. The number of nitrogens with one attached hydrogen (secondary N) is 1. The Balaban J connectivity index is 2.43. The molecule has 1 aliphatic rings. The number of β-lactam (4-membered cyclic amide) rings is 1. The first-order valence-electron chi connectivity index (χ1n) is 3.33. The summed E-state index contributed by atoms with van der Waals surface area (Å²) in [4.78, 5) is 31.4. The molecule has 0 spiro atoms. The number of rotatable bonds is 3. The maximum absolute atomic E-state index is 10.8. The highest BCUT2D eigenvalue weighted by molar-refractivity contribution is 8.12. The molecule has 1 fully saturated rings. The van der Waals surface area contributed by atoms with E-state index in [9.17, 15) is 14.4 Å². The number of thioether (sulfide) groups is 1. The van der Waals surface area contributed by atoms with Gasteiger partial charge < -0.3 is 0 Å². The van der Waals surface area contributed by atoms with Crippen LogP contribution < -0.4 is 5.43 Å². The molecule has 0 aliphatic carbocycles. The van der Waals surface area contributed by atoms with Crippen molar-refractivity contribution in [2.24, 2.45) is 0 Å². The molecule has 1 aliphatic heterocycles. The van der Waals surface area contributed by atoms with E-state index >= 15 is 0 Å². The summed E-state index contributed by atoms with van der Waals surface area (Å²) in [5.41, 5.74) is 2.99. The quantitative estimate of drug-likeness (QED) is 0.480. The molecule has 1 rings (SSSR count). The van der Waals surface area contributed by atoms with E-state index in [-0.39, 0.29) is 17.2 Å². The van der Waals surface area contributed by atoms with Gasteiger partial charge in [-0.05, 0) is 0 Å². The zero-order chi connectivity index (χ0) is 9.14. The second-order valence-corrected chi connectivity index (χ2v) is 3.33. The maximum atomic E-state index is 10.8. The third kappa shape index (κ3) is 1.76. The summed E-state index contributed by atoms with van der Waals surface area (Å²) in [6, 6.07) is 0. The molecule has 12 heavy (non-hydrogen) atoms. The summed E-state index contributed by atoms with van der Waals surface area (Å²) in [5, 5.41) is 0.945. The van der Waals surface area contributed by atoms with Crippen LogP contribution in [0.2, 0.25) is 0 Å². The second kappa shape index (κ2) is 3.57. The van der Waals surface area contributed by atoms with E-state index in [1.165, 1.54) is 11.9 Å². The van der Waals surface area contributed by atoms with Gasteiger partial charge in [-0.2, -0.15) is 0 Å². The first kappa shape index (κ1) is 9.05. The summed E-state index contributed by atoms with van der Waals surface area (Å²) in [6.07, 6.45) is 0.309. The standard InChI is InChI=1S/C6H8N2O3S/c1-4(10)7-8-5(11)2-6(8)12-3-9/h3,6H,2H2,1H3,(H,7,10). The van der Waals surface area contributed by atoms with Crippen LogP contribution in [0.5, 0.6) is 0 Å². The van der Waals surface area contributed by atoms with Gasteiger partial charge in [-0.1, -0.05) is 11.8 Å². The van der Waals surface area contributed by atoms with Crippen molar-refractivity contribution in [3.63, 3.8) is 0 Å². The molecule has 6 heteroatoms. The fraction of sp³-hybridized carbons (Fsp3) is 0.500. The summed E-state index contributed by atoms with van der Waals surface area (Å²) in [5.74, 6) is -0.468. The van der Waals surface area contributed by atoms with Crippen LogP contribution in [-0.2, 0) is 14.4 Å². The minimum Gasteiger partial charge on any atom is -0.291 e. The second-order valence-electron chi connectivity index (χ2n) is 2.32. The Kier molecular flexibility index (Phi) is 2.69. The molecule has 5 nitrogen and oxygen atoms in total. The van der Waals surface area contributed by atoms with Crippen molar-refractivity contribution in [2.75, 3.05) is 0 Å². The summed E-state index contributed by atoms with van der Waals surface area (Å²) in [7, 11) is 0. The predicted octanol–water partition coefficient (Wildman–Crippen LogP) is -0.481. The Morgan fingerprint density at radius 2 is 2.50 bits per heavy atom. The Labute approximate surface area is 73.4 Å². The van der Waals surface area contributed by atoms with Crippen molar-refractivity contribution < 1.29 is 14.4 Å². The Hall–Kier alpha value is -1.04. The third-order valence-electron chi connectivity index (χ3n) is 1.40. The number of hydrogen-bond donors (Lipinski definition) is 1. The maximum Gasteiger partial charge on any atom is 0.245 e. The molecular formula is C6H8N2O3S. The smallest absolute Gasteiger partial charge is 0.245 e. The fourth-order valence-electron chi connectivity index (χ4n) is 0.864. The number of carbonyl (C=O) groups is 3. The molecule has 1 heterocycles. The molecule has 1 N–H and O–H groups in total. The summed E-state index contributed by atoms with van der Waals surface area (Å²) in [6.45, 7) is 1.31. The van der Waals surface area contributed by atoms with Crippen molar-refractivity contribution in [1.82, 2.24) is 10.4 Å². The van der Waals surface area contributed by atoms with Crippen LogP contribution in [0.1, 0.15) is 13.3 Å². The normalized spacial score (nSPS) is 21.6. The van der Waals surface area contributed by atoms with Gasteiger partial charge in [-0.3, -0.25) is 19.8 Å². The molecule has 0 radical (unpaired) electrons. The summed E-state index contributed by atoms with van der Waals surface area (Å²) < 4.78 is 0. The van der Waals surface area contributed by atoms with Gasteiger partial charge in [0, 0.05) is 6.92 Å². The van der Waals surface area contributed by atoms with E-state index in [2.05, 4.69) is 5.43 Å².